The lowest BCUT2D eigenvalue weighted by Crippen LogP contribution is -2.29. The molecule has 5 nitrogen and oxygen atoms in total. The van der Waals surface area contributed by atoms with Crippen LogP contribution in [0.4, 0.5) is 8.78 Å². The van der Waals surface area contributed by atoms with Gasteiger partial charge in [-0.3, -0.25) is 9.59 Å². The van der Waals surface area contributed by atoms with E-state index in [0.717, 1.165) is 18.9 Å². The molecule has 178 valence electrons. The molecular weight excluding hydrogens is 452 g/mol. The van der Waals surface area contributed by atoms with Crippen molar-refractivity contribution in [3.05, 3.63) is 111 Å². The van der Waals surface area contributed by atoms with E-state index in [1.807, 2.05) is 12.1 Å². The summed E-state index contributed by atoms with van der Waals surface area (Å²) in [4.78, 5) is 28.6. The van der Waals surface area contributed by atoms with Crippen LogP contribution in [0.3, 0.4) is 0 Å². The normalized spacial score (nSPS) is 15.0. The van der Waals surface area contributed by atoms with Crippen LogP contribution in [-0.4, -0.2) is 17.4 Å². The summed E-state index contributed by atoms with van der Waals surface area (Å²) in [7, 11) is 0. The first-order valence-corrected chi connectivity index (χ1v) is 11.5. The monoisotopic (exact) mass is 475 g/mol. The van der Waals surface area contributed by atoms with Crippen LogP contribution < -0.4 is 10.2 Å². The topological polar surface area (TPSA) is 59.8 Å². The Morgan fingerprint density at radius 1 is 0.971 bits per heavy atom. The number of hydrogen-bond donors (Lipinski definition) is 0. The summed E-state index contributed by atoms with van der Waals surface area (Å²) in [6.07, 6.45) is 1.88. The molecule has 0 saturated heterocycles. The van der Waals surface area contributed by atoms with E-state index in [0.29, 0.717) is 23.5 Å². The van der Waals surface area contributed by atoms with Crippen molar-refractivity contribution in [2.45, 2.75) is 32.4 Å². The van der Waals surface area contributed by atoms with Crippen LogP contribution in [0.25, 0.3) is 11.0 Å². The zero-order chi connectivity index (χ0) is 24.5. The van der Waals surface area contributed by atoms with Crippen molar-refractivity contribution in [2.75, 3.05) is 6.61 Å². The molecular formula is C28H23F2NO4. The number of halogens is 2. The maximum absolute atomic E-state index is 14.0. The molecule has 35 heavy (non-hydrogen) atoms. The summed E-state index contributed by atoms with van der Waals surface area (Å²) in [6.45, 7) is 2.74. The first kappa shape index (κ1) is 22.8. The van der Waals surface area contributed by atoms with Crippen LogP contribution in [0.5, 0.6) is 5.75 Å². The molecule has 1 aromatic heterocycles. The number of hydrogen-bond acceptors (Lipinski definition) is 4. The largest absolute Gasteiger partial charge is 0.494 e. The van der Waals surface area contributed by atoms with E-state index in [1.165, 1.54) is 29.2 Å². The highest BCUT2D eigenvalue weighted by atomic mass is 19.1. The second-order valence-corrected chi connectivity index (χ2v) is 8.55. The number of carbonyl (C=O) groups excluding carboxylic acids is 1. The molecule has 1 atom stereocenters. The van der Waals surface area contributed by atoms with Crippen molar-refractivity contribution in [3.8, 4) is 5.75 Å². The molecule has 1 unspecified atom stereocenters. The quantitative estimate of drug-likeness (QED) is 0.308. The Morgan fingerprint density at radius 3 is 2.51 bits per heavy atom. The van der Waals surface area contributed by atoms with Gasteiger partial charge in [0.15, 0.2) is 5.43 Å². The van der Waals surface area contributed by atoms with Gasteiger partial charge in [0.2, 0.25) is 5.76 Å². The van der Waals surface area contributed by atoms with E-state index in [-0.39, 0.29) is 34.7 Å². The van der Waals surface area contributed by atoms with E-state index >= 15 is 0 Å². The molecule has 3 aromatic carbocycles. The summed E-state index contributed by atoms with van der Waals surface area (Å²) >= 11 is 0. The van der Waals surface area contributed by atoms with Crippen LogP contribution in [0.2, 0.25) is 0 Å². The molecule has 0 saturated carbocycles. The van der Waals surface area contributed by atoms with Gasteiger partial charge in [-0.1, -0.05) is 37.6 Å². The minimum atomic E-state index is -0.777. The minimum Gasteiger partial charge on any atom is -0.494 e. The molecule has 0 radical (unpaired) electrons. The number of rotatable bonds is 7. The lowest BCUT2D eigenvalue weighted by atomic mass is 9.98. The number of nitrogens with zero attached hydrogens (tertiary/aromatic N) is 1. The molecule has 0 aliphatic carbocycles. The van der Waals surface area contributed by atoms with Crippen molar-refractivity contribution in [1.82, 2.24) is 4.90 Å². The van der Waals surface area contributed by atoms with Crippen LogP contribution in [0.15, 0.2) is 75.9 Å². The van der Waals surface area contributed by atoms with Gasteiger partial charge in [0, 0.05) is 6.54 Å². The number of unbranched alkanes of at least 4 members (excludes halogenated alkanes) is 1. The fourth-order valence-electron chi connectivity index (χ4n) is 4.40. The Morgan fingerprint density at radius 2 is 1.74 bits per heavy atom. The van der Waals surface area contributed by atoms with Gasteiger partial charge in [-0.25, -0.2) is 8.78 Å². The third kappa shape index (κ3) is 4.30. The zero-order valence-corrected chi connectivity index (χ0v) is 19.1. The first-order valence-electron chi connectivity index (χ1n) is 11.5. The summed E-state index contributed by atoms with van der Waals surface area (Å²) in [5.74, 6) is -0.869. The van der Waals surface area contributed by atoms with E-state index < -0.39 is 23.2 Å². The van der Waals surface area contributed by atoms with Crippen molar-refractivity contribution < 1.29 is 22.7 Å². The number of fused-ring (bicyclic) bond motifs is 2. The first-order chi connectivity index (χ1) is 17.0. The van der Waals surface area contributed by atoms with Crippen molar-refractivity contribution in [2.24, 2.45) is 0 Å². The van der Waals surface area contributed by atoms with Crippen LogP contribution in [0, 0.1) is 11.6 Å². The average Bonchev–Trinajstić information content (AvgIpc) is 3.13. The molecule has 1 aliphatic heterocycles. The fourth-order valence-corrected chi connectivity index (χ4v) is 4.40. The zero-order valence-electron chi connectivity index (χ0n) is 19.1. The highest BCUT2D eigenvalue weighted by molar-refractivity contribution is 5.99. The van der Waals surface area contributed by atoms with Crippen molar-refractivity contribution in [3.63, 3.8) is 0 Å². The molecule has 5 rings (SSSR count). The van der Waals surface area contributed by atoms with Gasteiger partial charge in [-0.05, 0) is 60.0 Å². The predicted octanol–water partition coefficient (Wildman–Crippen LogP) is 6.00. The highest BCUT2D eigenvalue weighted by Gasteiger charge is 2.42. The molecule has 7 heteroatoms. The second-order valence-electron chi connectivity index (χ2n) is 8.55. The Kier molecular flexibility index (Phi) is 6.07. The van der Waals surface area contributed by atoms with Crippen LogP contribution >= 0.6 is 0 Å². The van der Waals surface area contributed by atoms with Gasteiger partial charge in [0.25, 0.3) is 5.91 Å². The van der Waals surface area contributed by atoms with E-state index in [9.17, 15) is 18.4 Å². The van der Waals surface area contributed by atoms with E-state index in [4.69, 9.17) is 9.15 Å². The SMILES string of the molecule is CCCCOc1cccc(C2c3c(oc4ccc(F)cc4c3=O)C(=O)N2Cc2ccc(F)cc2)c1. The lowest BCUT2D eigenvalue weighted by molar-refractivity contribution is 0.0714. The molecule has 1 amide bonds. The Hall–Kier alpha value is -4.00. The van der Waals surface area contributed by atoms with E-state index in [1.54, 1.807) is 24.3 Å². The summed E-state index contributed by atoms with van der Waals surface area (Å²) in [6, 6.07) is 15.9. The molecule has 2 heterocycles. The van der Waals surface area contributed by atoms with Crippen LogP contribution in [0.1, 0.15) is 53.1 Å². The molecule has 0 fully saturated rings. The summed E-state index contributed by atoms with van der Waals surface area (Å²) in [5, 5.41) is 0.0699. The standard InChI is InChI=1S/C28H23F2NO4/c1-2-3-13-34-21-6-4-5-18(14-21)25-24-26(32)22-15-20(30)11-12-23(22)35-27(24)28(33)31(25)16-17-7-9-19(29)10-8-17/h4-12,14-15,25H,2-3,13,16H2,1H3. The van der Waals surface area contributed by atoms with Gasteiger partial charge >= 0.3 is 0 Å². The number of ether oxygens (including phenoxy) is 1. The Labute approximate surface area is 200 Å². The number of amides is 1. The Bertz CT molecular complexity index is 1460. The number of benzene rings is 3. The van der Waals surface area contributed by atoms with Crippen LogP contribution in [-0.2, 0) is 6.54 Å². The smallest absolute Gasteiger partial charge is 0.291 e. The highest BCUT2D eigenvalue weighted by Crippen LogP contribution is 2.40. The predicted molar refractivity (Wildman–Crippen MR) is 127 cm³/mol. The molecule has 4 aromatic rings. The maximum Gasteiger partial charge on any atom is 0.291 e. The maximum atomic E-state index is 14.0. The second kappa shape index (κ2) is 9.33. The summed E-state index contributed by atoms with van der Waals surface area (Å²) < 4.78 is 39.1. The summed E-state index contributed by atoms with van der Waals surface area (Å²) in [5.41, 5.74) is 1.19. The van der Waals surface area contributed by atoms with Gasteiger partial charge in [0.05, 0.1) is 23.6 Å². The van der Waals surface area contributed by atoms with Gasteiger partial charge < -0.3 is 14.1 Å². The van der Waals surface area contributed by atoms with Crippen molar-refractivity contribution in [1.29, 1.82) is 0 Å². The van der Waals surface area contributed by atoms with Gasteiger partial charge in [-0.15, -0.1) is 0 Å². The molecule has 1 aliphatic rings. The van der Waals surface area contributed by atoms with Gasteiger partial charge in [-0.2, -0.15) is 0 Å². The fraction of sp³-hybridized carbons (Fsp3) is 0.214. The third-order valence-electron chi connectivity index (χ3n) is 6.13. The lowest BCUT2D eigenvalue weighted by Gasteiger charge is -2.25. The molecule has 0 N–H and O–H groups in total. The minimum absolute atomic E-state index is 0.0699. The van der Waals surface area contributed by atoms with E-state index in [2.05, 4.69) is 6.92 Å². The average molecular weight is 475 g/mol. The third-order valence-corrected chi connectivity index (χ3v) is 6.13. The Balaban J connectivity index is 1.65. The number of carbonyl (C=O) groups is 1. The molecule has 0 bridgehead atoms. The van der Waals surface area contributed by atoms with Crippen molar-refractivity contribution >= 4 is 16.9 Å². The van der Waals surface area contributed by atoms with Gasteiger partial charge in [0.1, 0.15) is 23.0 Å². The molecule has 0 spiro atoms.